The van der Waals surface area contributed by atoms with Gasteiger partial charge in [-0.15, -0.1) is 0 Å². The van der Waals surface area contributed by atoms with Crippen molar-refractivity contribution in [2.45, 2.75) is 36.5 Å². The fraction of sp³-hybridized carbons (Fsp3) is 0.600. The van der Waals surface area contributed by atoms with Crippen molar-refractivity contribution in [2.24, 2.45) is 0 Å². The Bertz CT molecular complexity index is 116. The molecule has 0 radical (unpaired) electrons. The van der Waals surface area contributed by atoms with Crippen LogP contribution < -0.4 is 0 Å². The molecule has 0 aliphatic heterocycles. The summed E-state index contributed by atoms with van der Waals surface area (Å²) in [6, 6.07) is 0. The molecule has 1 rings (SSSR count). The number of hydrogen-bond acceptors (Lipinski definition) is 0. The summed E-state index contributed by atoms with van der Waals surface area (Å²) in [4.78, 5) is 0. The molecule has 12 heavy (non-hydrogen) atoms. The van der Waals surface area contributed by atoms with Gasteiger partial charge in [-0.1, -0.05) is 24.3 Å². The van der Waals surface area contributed by atoms with E-state index in [2.05, 4.69) is 43.9 Å². The van der Waals surface area contributed by atoms with Crippen molar-refractivity contribution < 1.29 is 0 Å². The molecule has 0 amide bonds. The Morgan fingerprint density at radius 2 is 1.50 bits per heavy atom. The average molecular weight is 331 g/mol. The van der Waals surface area contributed by atoms with Gasteiger partial charge < -0.3 is 0 Å². The molecule has 0 spiro atoms. The normalized spacial score (nSPS) is 12.3. The van der Waals surface area contributed by atoms with Crippen LogP contribution in [-0.2, 0) is 0 Å². The van der Waals surface area contributed by atoms with Gasteiger partial charge in [0.2, 0.25) is 0 Å². The zero-order valence-electron chi connectivity index (χ0n) is 8.01. The molecule has 2 heteroatoms. The fourth-order valence-electron chi connectivity index (χ4n) is 0.682. The molecule has 1 aliphatic carbocycles. The van der Waals surface area contributed by atoms with Crippen molar-refractivity contribution in [3.63, 3.8) is 0 Å². The van der Waals surface area contributed by atoms with Crippen LogP contribution in [0.1, 0.15) is 20.3 Å². The van der Waals surface area contributed by atoms with Gasteiger partial charge in [0.05, 0.1) is 0 Å². The van der Waals surface area contributed by atoms with E-state index in [-0.39, 0.29) is 25.8 Å². The molecule has 0 unspecified atom stereocenters. The van der Waals surface area contributed by atoms with Gasteiger partial charge in [-0.2, -0.15) is 0 Å². The third-order valence-corrected chi connectivity index (χ3v) is 7.90. The van der Waals surface area contributed by atoms with Crippen LogP contribution in [0.25, 0.3) is 0 Å². The van der Waals surface area contributed by atoms with Crippen molar-refractivity contribution in [1.29, 1.82) is 0 Å². The van der Waals surface area contributed by atoms with Gasteiger partial charge >= 0.3 is 70.3 Å². The first kappa shape index (κ1) is 15.4. The molecule has 0 nitrogen and oxygen atoms in total. The van der Waals surface area contributed by atoms with E-state index >= 15 is 0 Å². The Balaban J connectivity index is 0. The predicted octanol–water partition coefficient (Wildman–Crippen LogP) is 2.20. The molecule has 0 bridgehead atoms. The maximum atomic E-state index is 2.47. The Morgan fingerprint density at radius 3 is 1.58 bits per heavy atom. The van der Waals surface area contributed by atoms with E-state index in [1.54, 1.807) is 0 Å². The van der Waals surface area contributed by atoms with Gasteiger partial charge in [-0.05, 0) is 6.42 Å². The van der Waals surface area contributed by atoms with E-state index in [9.17, 15) is 0 Å². The van der Waals surface area contributed by atoms with E-state index in [0.717, 1.165) is 6.42 Å². The summed E-state index contributed by atoms with van der Waals surface area (Å²) in [6.45, 7) is 4.63. The minimum absolute atomic E-state index is 0. The fourth-order valence-corrected chi connectivity index (χ4v) is 1.89. The van der Waals surface area contributed by atoms with E-state index in [1.165, 1.54) is 10.5 Å². The average Bonchev–Trinajstić information content (AvgIpc) is 2.60. The third kappa shape index (κ3) is 10.9. The van der Waals surface area contributed by atoms with Gasteiger partial charge in [0, 0.05) is 0 Å². The topological polar surface area (TPSA) is 0 Å². The number of rotatable bonds is 2. The van der Waals surface area contributed by atoms with Crippen molar-refractivity contribution in [2.75, 3.05) is 0 Å². The molecule has 70 valence electrons. The van der Waals surface area contributed by atoms with E-state index in [1.807, 2.05) is 0 Å². The second-order valence-electron chi connectivity index (χ2n) is 3.01. The van der Waals surface area contributed by atoms with Gasteiger partial charge in [0.25, 0.3) is 0 Å². The van der Waals surface area contributed by atoms with Gasteiger partial charge in [0.1, 0.15) is 0 Å². The summed E-state index contributed by atoms with van der Waals surface area (Å²) < 4.78 is 0. The van der Waals surface area contributed by atoms with Crippen molar-refractivity contribution in [3.05, 3.63) is 24.3 Å². The minimum atomic E-state index is -0.544. The van der Waals surface area contributed by atoms with E-state index in [0.29, 0.717) is 0 Å². The standard InChI is InChI=1S/C5H14Ge.C5H6.In.3H/c1-4-6(3)5-2;1-2-4-5-3-1;;;;/h6H,4-5H2,1-3H3;1-4H,5H2;;;;. The molecule has 0 heterocycles. The van der Waals surface area contributed by atoms with Gasteiger partial charge in [-0.25, -0.2) is 0 Å². The summed E-state index contributed by atoms with van der Waals surface area (Å²) in [6.07, 6.45) is 9.50. The molecule has 0 fully saturated rings. The van der Waals surface area contributed by atoms with Crippen LogP contribution in [0.3, 0.4) is 0 Å². The SMILES string of the molecule is C1=CCC=C1.C[CH2][GeH]([CH3])[CH2]C.[InH3]. The first-order chi connectivity index (χ1) is 5.31. The summed E-state index contributed by atoms with van der Waals surface area (Å²) in [5.41, 5.74) is 0. The zero-order chi connectivity index (χ0) is 8.53. The molecular formula is C10H23GeIn. The van der Waals surface area contributed by atoms with E-state index in [4.69, 9.17) is 0 Å². The molecular weight excluding hydrogens is 308 g/mol. The summed E-state index contributed by atoms with van der Waals surface area (Å²) in [5.74, 6) is 2.47. The Morgan fingerprint density at radius 1 is 1.08 bits per heavy atom. The van der Waals surface area contributed by atoms with Crippen LogP contribution >= 0.6 is 0 Å². The molecule has 0 aromatic heterocycles. The molecule has 0 aromatic rings. The Labute approximate surface area is 100 Å². The van der Waals surface area contributed by atoms with Gasteiger partial charge in [-0.3, -0.25) is 0 Å². The second-order valence-corrected chi connectivity index (χ2v) is 11.1. The quantitative estimate of drug-likeness (QED) is 0.681. The van der Waals surface area contributed by atoms with Crippen molar-refractivity contribution >= 4 is 40.2 Å². The first-order valence-electron chi connectivity index (χ1n) is 4.62. The third-order valence-electron chi connectivity index (χ3n) is 2.05. The van der Waals surface area contributed by atoms with Crippen LogP contribution in [0, 0.1) is 0 Å². The van der Waals surface area contributed by atoms with Crippen LogP contribution in [0.4, 0.5) is 0 Å². The molecule has 0 saturated carbocycles. The zero-order valence-corrected chi connectivity index (χ0v) is 10.4. The molecule has 0 atom stereocenters. The monoisotopic (exact) mass is 332 g/mol. The number of allylic oxidation sites excluding steroid dienone is 4. The van der Waals surface area contributed by atoms with E-state index < -0.39 is 14.3 Å². The predicted molar refractivity (Wildman–Crippen MR) is 66.8 cm³/mol. The van der Waals surface area contributed by atoms with Crippen molar-refractivity contribution in [3.8, 4) is 0 Å². The molecule has 1 aliphatic rings. The maximum absolute atomic E-state index is 2.47. The Hall–Kier alpha value is 0.893. The summed E-state index contributed by atoms with van der Waals surface area (Å²) >= 11 is -0.544. The van der Waals surface area contributed by atoms with Crippen LogP contribution in [0.15, 0.2) is 24.3 Å². The number of hydrogen-bond donors (Lipinski definition) is 0. The Kier molecular flexibility index (Phi) is 15.2. The van der Waals surface area contributed by atoms with Gasteiger partial charge in [0.15, 0.2) is 0 Å². The van der Waals surface area contributed by atoms with Crippen molar-refractivity contribution in [1.82, 2.24) is 0 Å². The summed E-state index contributed by atoms with van der Waals surface area (Å²) in [7, 11) is 0. The van der Waals surface area contributed by atoms with Crippen LogP contribution in [0.2, 0.25) is 16.3 Å². The molecule has 0 saturated heterocycles. The second kappa shape index (κ2) is 11.9. The summed E-state index contributed by atoms with van der Waals surface area (Å²) in [5, 5.41) is 3.03. The molecule has 0 aromatic carbocycles. The van der Waals surface area contributed by atoms with Crippen LogP contribution in [0.5, 0.6) is 0 Å². The van der Waals surface area contributed by atoms with Crippen LogP contribution in [-0.4, -0.2) is 40.2 Å². The molecule has 0 N–H and O–H groups in total. The first-order valence-corrected chi connectivity index (χ1v) is 10.5.